The van der Waals surface area contributed by atoms with Crippen molar-refractivity contribution in [1.29, 1.82) is 0 Å². The molecule has 2 bridgehead atoms. The first-order chi connectivity index (χ1) is 8.29. The Labute approximate surface area is 108 Å². The summed E-state index contributed by atoms with van der Waals surface area (Å²) in [5.41, 5.74) is 7.48. The highest BCUT2D eigenvalue weighted by Gasteiger charge is 2.43. The van der Waals surface area contributed by atoms with Crippen LogP contribution < -0.4 is 5.73 Å². The Kier molecular flexibility index (Phi) is 3.14. The summed E-state index contributed by atoms with van der Waals surface area (Å²) in [6.07, 6.45) is 5.59. The fraction of sp³-hybridized carbons (Fsp3) is 0.600. The average molecular weight is 250 g/mol. The number of nitrogens with two attached hydrogens (primary N) is 1. The Morgan fingerprint density at radius 3 is 2.18 bits per heavy atom. The van der Waals surface area contributed by atoms with Gasteiger partial charge in [0, 0.05) is 5.02 Å². The Morgan fingerprint density at radius 1 is 1.00 bits per heavy atom. The Morgan fingerprint density at radius 2 is 1.59 bits per heavy atom. The first-order valence-electron chi connectivity index (χ1n) is 6.75. The molecule has 3 aliphatic carbocycles. The van der Waals surface area contributed by atoms with Gasteiger partial charge in [-0.15, -0.1) is 0 Å². The highest BCUT2D eigenvalue weighted by Crippen LogP contribution is 2.52. The smallest absolute Gasteiger partial charge is 0.0406 e. The number of hydrogen-bond acceptors (Lipinski definition) is 1. The highest BCUT2D eigenvalue weighted by atomic mass is 35.5. The molecule has 2 heteroatoms. The van der Waals surface area contributed by atoms with E-state index in [0.717, 1.165) is 23.4 Å². The van der Waals surface area contributed by atoms with E-state index in [-0.39, 0.29) is 0 Å². The molecular formula is C15H20ClN. The molecule has 0 heterocycles. The number of rotatable bonds is 2. The van der Waals surface area contributed by atoms with Gasteiger partial charge in [-0.05, 0) is 73.6 Å². The van der Waals surface area contributed by atoms with E-state index in [1.807, 2.05) is 12.1 Å². The molecule has 1 aromatic carbocycles. The lowest BCUT2D eigenvalue weighted by Crippen LogP contribution is -2.42. The predicted molar refractivity (Wildman–Crippen MR) is 72.2 cm³/mol. The van der Waals surface area contributed by atoms with Crippen LogP contribution in [-0.4, -0.2) is 6.54 Å². The summed E-state index contributed by atoms with van der Waals surface area (Å²) in [5, 5.41) is 0.832. The zero-order valence-electron chi connectivity index (χ0n) is 10.1. The van der Waals surface area contributed by atoms with Crippen LogP contribution in [0.1, 0.15) is 37.2 Å². The van der Waals surface area contributed by atoms with Crippen LogP contribution in [0.3, 0.4) is 0 Å². The molecule has 1 aromatic rings. The summed E-state index contributed by atoms with van der Waals surface area (Å²) < 4.78 is 0. The van der Waals surface area contributed by atoms with Crippen molar-refractivity contribution < 1.29 is 0 Å². The third kappa shape index (κ3) is 2.00. The quantitative estimate of drug-likeness (QED) is 0.847. The zero-order chi connectivity index (χ0) is 11.8. The van der Waals surface area contributed by atoms with Crippen LogP contribution in [0, 0.1) is 17.8 Å². The molecule has 0 aromatic heterocycles. The Hall–Kier alpha value is -0.530. The van der Waals surface area contributed by atoms with Gasteiger partial charge in [0.05, 0.1) is 0 Å². The summed E-state index contributed by atoms with van der Waals surface area (Å²) in [7, 11) is 0. The van der Waals surface area contributed by atoms with Crippen molar-refractivity contribution >= 4 is 11.6 Å². The molecule has 3 fully saturated rings. The standard InChI is InChI=1S/C15H20ClN/c16-13-7-5-12(6-8-13)15-11-3-1-10(2-4-11)14(15)9-17/h5-8,10-11,14-15H,1-4,9,17H2/t10?,11?,14-,15+/m0/s1. The average Bonchev–Trinajstić information content (AvgIpc) is 2.40. The van der Waals surface area contributed by atoms with Crippen molar-refractivity contribution in [2.45, 2.75) is 31.6 Å². The molecule has 0 saturated heterocycles. The van der Waals surface area contributed by atoms with Crippen molar-refractivity contribution in [3.05, 3.63) is 34.9 Å². The normalized spacial score (nSPS) is 36.1. The second-order valence-electron chi connectivity index (χ2n) is 5.65. The second-order valence-corrected chi connectivity index (χ2v) is 6.09. The number of fused-ring (bicyclic) bond motifs is 3. The minimum atomic E-state index is 0.685. The van der Waals surface area contributed by atoms with Crippen molar-refractivity contribution in [2.24, 2.45) is 23.5 Å². The van der Waals surface area contributed by atoms with Gasteiger partial charge >= 0.3 is 0 Å². The van der Waals surface area contributed by atoms with Crippen LogP contribution in [-0.2, 0) is 0 Å². The first-order valence-corrected chi connectivity index (χ1v) is 7.13. The van der Waals surface area contributed by atoms with E-state index in [9.17, 15) is 0 Å². The molecule has 4 rings (SSSR count). The number of benzene rings is 1. The van der Waals surface area contributed by atoms with Crippen LogP contribution in [0.2, 0.25) is 5.02 Å². The maximum atomic E-state index is 6.02. The largest absolute Gasteiger partial charge is 0.330 e. The SMILES string of the molecule is NC[C@H]1C2CCC(CC2)[C@@H]1c1ccc(Cl)cc1. The molecule has 0 unspecified atom stereocenters. The molecular weight excluding hydrogens is 230 g/mol. The second kappa shape index (κ2) is 4.62. The van der Waals surface area contributed by atoms with Gasteiger partial charge < -0.3 is 5.73 Å². The lowest BCUT2D eigenvalue weighted by atomic mass is 9.57. The summed E-state index contributed by atoms with van der Waals surface area (Å²) in [6.45, 7) is 0.842. The van der Waals surface area contributed by atoms with Crippen molar-refractivity contribution in [2.75, 3.05) is 6.54 Å². The van der Waals surface area contributed by atoms with Gasteiger partial charge in [0.25, 0.3) is 0 Å². The van der Waals surface area contributed by atoms with Crippen LogP contribution in [0.4, 0.5) is 0 Å². The van der Waals surface area contributed by atoms with Gasteiger partial charge in [-0.25, -0.2) is 0 Å². The van der Waals surface area contributed by atoms with Gasteiger partial charge in [0.2, 0.25) is 0 Å². The van der Waals surface area contributed by atoms with E-state index in [1.165, 1.54) is 31.2 Å². The van der Waals surface area contributed by atoms with Gasteiger partial charge in [-0.2, -0.15) is 0 Å². The van der Waals surface area contributed by atoms with Crippen LogP contribution >= 0.6 is 11.6 Å². The van der Waals surface area contributed by atoms with Crippen molar-refractivity contribution in [3.63, 3.8) is 0 Å². The van der Waals surface area contributed by atoms with Crippen molar-refractivity contribution in [1.82, 2.24) is 0 Å². The Bertz CT molecular complexity index is 378. The van der Waals surface area contributed by atoms with Gasteiger partial charge in [0.15, 0.2) is 0 Å². The summed E-state index contributed by atoms with van der Waals surface area (Å²) >= 11 is 5.98. The van der Waals surface area contributed by atoms with E-state index >= 15 is 0 Å². The maximum Gasteiger partial charge on any atom is 0.0406 e. The molecule has 0 aliphatic heterocycles. The molecule has 17 heavy (non-hydrogen) atoms. The Balaban J connectivity index is 1.92. The van der Waals surface area contributed by atoms with Gasteiger partial charge in [-0.3, -0.25) is 0 Å². The zero-order valence-corrected chi connectivity index (χ0v) is 10.9. The molecule has 0 radical (unpaired) electrons. The van der Waals surface area contributed by atoms with Crippen LogP contribution in [0.25, 0.3) is 0 Å². The first kappa shape index (κ1) is 11.6. The lowest BCUT2D eigenvalue weighted by Gasteiger charge is -2.48. The van der Waals surface area contributed by atoms with Gasteiger partial charge in [0.1, 0.15) is 0 Å². The van der Waals surface area contributed by atoms with Crippen LogP contribution in [0.5, 0.6) is 0 Å². The fourth-order valence-corrected chi connectivity index (χ4v) is 4.24. The molecule has 3 saturated carbocycles. The van der Waals surface area contributed by atoms with E-state index in [4.69, 9.17) is 17.3 Å². The summed E-state index contributed by atoms with van der Waals surface area (Å²) in [6, 6.07) is 8.45. The molecule has 2 atom stereocenters. The highest BCUT2D eigenvalue weighted by molar-refractivity contribution is 6.30. The maximum absolute atomic E-state index is 6.02. The molecule has 0 amide bonds. The summed E-state index contributed by atoms with van der Waals surface area (Å²) in [4.78, 5) is 0. The topological polar surface area (TPSA) is 26.0 Å². The van der Waals surface area contributed by atoms with Crippen molar-refractivity contribution in [3.8, 4) is 0 Å². The monoisotopic (exact) mass is 249 g/mol. The number of halogens is 1. The molecule has 2 N–H and O–H groups in total. The lowest BCUT2D eigenvalue weighted by molar-refractivity contribution is 0.0731. The van der Waals surface area contributed by atoms with Gasteiger partial charge in [-0.1, -0.05) is 23.7 Å². The van der Waals surface area contributed by atoms with E-state index in [2.05, 4.69) is 12.1 Å². The predicted octanol–water partition coefficient (Wildman–Crippen LogP) is 3.82. The molecule has 0 spiro atoms. The molecule has 1 nitrogen and oxygen atoms in total. The number of hydrogen-bond donors (Lipinski definition) is 1. The van der Waals surface area contributed by atoms with E-state index in [1.54, 1.807) is 0 Å². The summed E-state index contributed by atoms with van der Waals surface area (Å²) in [5.74, 6) is 3.11. The molecule has 3 aliphatic rings. The van der Waals surface area contributed by atoms with E-state index in [0.29, 0.717) is 11.8 Å². The minimum Gasteiger partial charge on any atom is -0.330 e. The third-order valence-electron chi connectivity index (χ3n) is 4.92. The fourth-order valence-electron chi connectivity index (χ4n) is 4.12. The minimum absolute atomic E-state index is 0.685. The third-order valence-corrected chi connectivity index (χ3v) is 5.17. The van der Waals surface area contributed by atoms with E-state index < -0.39 is 0 Å². The van der Waals surface area contributed by atoms with Crippen LogP contribution in [0.15, 0.2) is 24.3 Å². The molecule has 92 valence electrons.